The molecule has 0 radical (unpaired) electrons. The molecule has 1 atom stereocenters. The van der Waals surface area contributed by atoms with E-state index in [4.69, 9.17) is 11.5 Å². The maximum Gasteiger partial charge on any atom is 0.217 e. The van der Waals surface area contributed by atoms with Crippen LogP contribution in [0.5, 0.6) is 0 Å². The van der Waals surface area contributed by atoms with Crippen molar-refractivity contribution in [2.24, 2.45) is 5.73 Å². The van der Waals surface area contributed by atoms with E-state index in [9.17, 15) is 4.79 Å². The molecule has 5 N–H and O–H groups in total. The lowest BCUT2D eigenvalue weighted by atomic mass is 10.0. The molecule has 0 fully saturated rings. The average Bonchev–Trinajstić information content (AvgIpc) is 2.96. The number of carbonyl (C=O) groups is 1. The van der Waals surface area contributed by atoms with Crippen molar-refractivity contribution in [1.82, 2.24) is 19.9 Å². The summed E-state index contributed by atoms with van der Waals surface area (Å²) in [6.45, 7) is 0. The van der Waals surface area contributed by atoms with Crippen LogP contribution in [0.15, 0.2) is 36.7 Å². The molecule has 0 amide bonds. The molecule has 2 aromatic heterocycles. The van der Waals surface area contributed by atoms with E-state index >= 15 is 0 Å². The minimum atomic E-state index is -0.719. The molecule has 0 bridgehead atoms. The first-order chi connectivity index (χ1) is 10.1. The van der Waals surface area contributed by atoms with Crippen LogP contribution in [0.1, 0.15) is 16.2 Å². The second-order valence-corrected chi connectivity index (χ2v) is 4.69. The van der Waals surface area contributed by atoms with Crippen molar-refractivity contribution in [1.29, 1.82) is 0 Å². The van der Waals surface area contributed by atoms with Gasteiger partial charge in [-0.3, -0.25) is 4.79 Å². The first-order valence-electron chi connectivity index (χ1n) is 6.45. The molecule has 0 aliphatic carbocycles. The lowest BCUT2D eigenvalue weighted by Gasteiger charge is -2.10. The molecule has 7 heteroatoms. The average molecular weight is 282 g/mol. The number of hydrogen-bond acceptors (Lipinski definition) is 6. The zero-order valence-electron chi connectivity index (χ0n) is 11.2. The number of anilines is 1. The van der Waals surface area contributed by atoms with E-state index in [0.717, 1.165) is 5.56 Å². The van der Waals surface area contributed by atoms with Gasteiger partial charge in [-0.1, -0.05) is 30.3 Å². The standard InChI is InChI=1S/C14H14N6O/c15-9(6-8-4-2-1-3-5-8)11(21)14-19-12(16)10-13(20-14)18-7-17-10/h1-5,7,9H,6,15H2,(H3,16,17,18,19,20). The van der Waals surface area contributed by atoms with Gasteiger partial charge < -0.3 is 16.5 Å². The maximum atomic E-state index is 12.3. The van der Waals surface area contributed by atoms with Gasteiger partial charge in [-0.2, -0.15) is 0 Å². The number of nitrogens with one attached hydrogen (secondary N) is 1. The Morgan fingerprint density at radius 2 is 2.00 bits per heavy atom. The summed E-state index contributed by atoms with van der Waals surface area (Å²) in [6.07, 6.45) is 1.87. The molecule has 0 saturated heterocycles. The zero-order chi connectivity index (χ0) is 14.8. The van der Waals surface area contributed by atoms with E-state index < -0.39 is 6.04 Å². The number of aromatic nitrogens is 4. The summed E-state index contributed by atoms with van der Waals surface area (Å²) in [6, 6.07) is 8.82. The number of carbonyl (C=O) groups excluding carboxylic acids is 1. The molecule has 2 heterocycles. The lowest BCUT2D eigenvalue weighted by molar-refractivity contribution is 0.0951. The Labute approximate surface area is 120 Å². The molecular formula is C14H14N6O. The van der Waals surface area contributed by atoms with Crippen LogP contribution in [-0.2, 0) is 6.42 Å². The van der Waals surface area contributed by atoms with E-state index in [1.54, 1.807) is 0 Å². The second-order valence-electron chi connectivity index (χ2n) is 4.69. The number of ketones is 1. The Kier molecular flexibility index (Phi) is 3.33. The van der Waals surface area contributed by atoms with Crippen LogP contribution in [-0.4, -0.2) is 31.8 Å². The van der Waals surface area contributed by atoms with E-state index in [1.165, 1.54) is 6.33 Å². The fraction of sp³-hybridized carbons (Fsp3) is 0.143. The highest BCUT2D eigenvalue weighted by Crippen LogP contribution is 2.14. The fourth-order valence-corrected chi connectivity index (χ4v) is 2.09. The number of benzene rings is 1. The number of H-pyrrole nitrogens is 1. The van der Waals surface area contributed by atoms with Gasteiger partial charge >= 0.3 is 0 Å². The SMILES string of the molecule is Nc1nc(C(=O)C(N)Cc2ccccc2)nc2nc[nH]c12. The highest BCUT2D eigenvalue weighted by Gasteiger charge is 2.21. The number of fused-ring (bicyclic) bond motifs is 1. The van der Waals surface area contributed by atoms with Crippen molar-refractivity contribution in [2.75, 3.05) is 5.73 Å². The first-order valence-corrected chi connectivity index (χ1v) is 6.45. The number of hydrogen-bond donors (Lipinski definition) is 3. The quantitative estimate of drug-likeness (QED) is 0.605. The zero-order valence-corrected chi connectivity index (χ0v) is 11.2. The molecule has 21 heavy (non-hydrogen) atoms. The second kappa shape index (κ2) is 5.29. The number of Topliss-reactive ketones (excluding diaryl/α,β-unsaturated/α-hetero) is 1. The highest BCUT2D eigenvalue weighted by molar-refractivity contribution is 5.99. The van der Waals surface area contributed by atoms with Gasteiger partial charge in [0.2, 0.25) is 11.6 Å². The molecule has 0 spiro atoms. The third-order valence-corrected chi connectivity index (χ3v) is 3.17. The number of rotatable bonds is 4. The predicted molar refractivity (Wildman–Crippen MR) is 78.5 cm³/mol. The number of nitrogens with zero attached hydrogens (tertiary/aromatic N) is 3. The maximum absolute atomic E-state index is 12.3. The molecule has 3 rings (SSSR count). The minimum absolute atomic E-state index is 0.00414. The van der Waals surface area contributed by atoms with Gasteiger partial charge in [-0.15, -0.1) is 0 Å². The summed E-state index contributed by atoms with van der Waals surface area (Å²) < 4.78 is 0. The van der Waals surface area contributed by atoms with Crippen molar-refractivity contribution in [3.05, 3.63) is 48.0 Å². The van der Waals surface area contributed by atoms with Crippen molar-refractivity contribution < 1.29 is 4.79 Å². The van der Waals surface area contributed by atoms with Crippen LogP contribution in [0, 0.1) is 0 Å². The van der Waals surface area contributed by atoms with Gasteiger partial charge in [0.1, 0.15) is 5.52 Å². The molecule has 1 aromatic carbocycles. The van der Waals surface area contributed by atoms with E-state index in [2.05, 4.69) is 19.9 Å². The van der Waals surface area contributed by atoms with Gasteiger partial charge in [-0.05, 0) is 12.0 Å². The monoisotopic (exact) mass is 282 g/mol. The smallest absolute Gasteiger partial charge is 0.217 e. The summed E-state index contributed by atoms with van der Waals surface area (Å²) >= 11 is 0. The molecule has 1 unspecified atom stereocenters. The summed E-state index contributed by atoms with van der Waals surface area (Å²) in [7, 11) is 0. The van der Waals surface area contributed by atoms with Crippen molar-refractivity contribution in [2.45, 2.75) is 12.5 Å². The summed E-state index contributed by atoms with van der Waals surface area (Å²) in [4.78, 5) is 27.2. The lowest BCUT2D eigenvalue weighted by Crippen LogP contribution is -2.34. The van der Waals surface area contributed by atoms with E-state index in [1.807, 2.05) is 30.3 Å². The molecule has 3 aromatic rings. The first kappa shape index (κ1) is 13.2. The summed E-state index contributed by atoms with van der Waals surface area (Å²) in [5, 5.41) is 0. The van der Waals surface area contributed by atoms with Gasteiger partial charge in [0, 0.05) is 0 Å². The van der Waals surface area contributed by atoms with Crippen molar-refractivity contribution in [3.8, 4) is 0 Å². The van der Waals surface area contributed by atoms with Gasteiger partial charge in [-0.25, -0.2) is 15.0 Å². The van der Waals surface area contributed by atoms with Crippen LogP contribution in [0.4, 0.5) is 5.82 Å². The molecule has 0 aliphatic rings. The predicted octanol–water partition coefficient (Wildman–Crippen LogP) is 0.688. The van der Waals surface area contributed by atoms with Crippen LogP contribution in [0.2, 0.25) is 0 Å². The van der Waals surface area contributed by atoms with Gasteiger partial charge in [0.05, 0.1) is 12.4 Å². The number of imidazole rings is 1. The van der Waals surface area contributed by atoms with Crippen molar-refractivity contribution >= 4 is 22.8 Å². The number of nitrogens with two attached hydrogens (primary N) is 2. The Balaban J connectivity index is 1.86. The normalized spacial score (nSPS) is 12.4. The summed E-state index contributed by atoms with van der Waals surface area (Å²) in [5.74, 6) is -0.168. The van der Waals surface area contributed by atoms with E-state index in [0.29, 0.717) is 17.6 Å². The molecular weight excluding hydrogens is 268 g/mol. The van der Waals surface area contributed by atoms with Crippen LogP contribution in [0.25, 0.3) is 11.2 Å². The topological polar surface area (TPSA) is 124 Å². The van der Waals surface area contributed by atoms with Crippen LogP contribution in [0.3, 0.4) is 0 Å². The van der Waals surface area contributed by atoms with Gasteiger partial charge in [0.25, 0.3) is 0 Å². The molecule has 0 saturated carbocycles. The van der Waals surface area contributed by atoms with E-state index in [-0.39, 0.29) is 17.4 Å². The summed E-state index contributed by atoms with van der Waals surface area (Å²) in [5.41, 5.74) is 13.6. The minimum Gasteiger partial charge on any atom is -0.382 e. The van der Waals surface area contributed by atoms with Crippen LogP contribution >= 0.6 is 0 Å². The molecule has 106 valence electrons. The molecule has 0 aliphatic heterocycles. The largest absolute Gasteiger partial charge is 0.382 e. The third kappa shape index (κ3) is 2.59. The number of nitrogen functional groups attached to an aromatic ring is 1. The molecule has 7 nitrogen and oxygen atoms in total. The Morgan fingerprint density at radius 3 is 2.76 bits per heavy atom. The Hall–Kier alpha value is -2.80. The van der Waals surface area contributed by atoms with Crippen molar-refractivity contribution in [3.63, 3.8) is 0 Å². The van der Waals surface area contributed by atoms with Gasteiger partial charge in [0.15, 0.2) is 11.5 Å². The highest BCUT2D eigenvalue weighted by atomic mass is 16.1. The van der Waals surface area contributed by atoms with Crippen LogP contribution < -0.4 is 11.5 Å². The number of aromatic amines is 1. The Morgan fingerprint density at radius 1 is 1.24 bits per heavy atom. The fourth-order valence-electron chi connectivity index (χ4n) is 2.09. The third-order valence-electron chi connectivity index (χ3n) is 3.17. The Bertz CT molecular complexity index is 783.